The van der Waals surface area contributed by atoms with E-state index in [0.717, 1.165) is 16.7 Å². The summed E-state index contributed by atoms with van der Waals surface area (Å²) in [6.45, 7) is 1.14. The van der Waals surface area contributed by atoms with Gasteiger partial charge >= 0.3 is 0 Å². The first-order valence-electron chi connectivity index (χ1n) is 11.1. The predicted molar refractivity (Wildman–Crippen MR) is 123 cm³/mol. The highest BCUT2D eigenvalue weighted by molar-refractivity contribution is 5.89. The SMILES string of the molecule is O=C1NCCN(C(=O)CCCOc2ccccc2F)[C@@H]1Cc1ccc(-c2ccncc2)cc1. The minimum atomic E-state index is -0.550. The van der Waals surface area contributed by atoms with Gasteiger partial charge in [0.25, 0.3) is 0 Å². The second-order valence-corrected chi connectivity index (χ2v) is 7.91. The quantitative estimate of drug-likeness (QED) is 0.536. The van der Waals surface area contributed by atoms with E-state index in [4.69, 9.17) is 4.74 Å². The lowest BCUT2D eigenvalue weighted by molar-refractivity contribution is -0.143. The molecule has 2 heterocycles. The van der Waals surface area contributed by atoms with Gasteiger partial charge in [-0.15, -0.1) is 0 Å². The fraction of sp³-hybridized carbons (Fsp3) is 0.269. The molecular formula is C26H26FN3O3. The zero-order chi connectivity index (χ0) is 23.0. The standard InChI is InChI=1S/C26H26FN3O3/c27-22-4-1-2-5-24(22)33-17-3-6-25(31)30-16-15-29-26(32)23(30)18-19-7-9-20(10-8-19)21-11-13-28-14-12-21/h1-2,4-5,7-14,23H,3,6,15-18H2,(H,29,32)/t23-/m1/s1. The molecule has 0 radical (unpaired) electrons. The Hall–Kier alpha value is -3.74. The Bertz CT molecular complexity index is 1090. The van der Waals surface area contributed by atoms with Gasteiger partial charge in [-0.2, -0.15) is 0 Å². The lowest BCUT2D eigenvalue weighted by Crippen LogP contribution is -2.58. The van der Waals surface area contributed by atoms with Crippen LogP contribution in [-0.2, 0) is 16.0 Å². The number of benzene rings is 2. The molecule has 0 unspecified atom stereocenters. The number of halogens is 1. The first-order valence-corrected chi connectivity index (χ1v) is 11.1. The number of piperazine rings is 1. The number of carbonyl (C=O) groups excluding carboxylic acids is 2. The molecule has 1 N–H and O–H groups in total. The number of aromatic nitrogens is 1. The van der Waals surface area contributed by atoms with Crippen LogP contribution in [0.15, 0.2) is 73.1 Å². The maximum absolute atomic E-state index is 13.6. The lowest BCUT2D eigenvalue weighted by Gasteiger charge is -2.35. The number of pyridine rings is 1. The van der Waals surface area contributed by atoms with Crippen LogP contribution in [0.4, 0.5) is 4.39 Å². The minimum Gasteiger partial charge on any atom is -0.491 e. The molecule has 3 aromatic rings. The third-order valence-electron chi connectivity index (χ3n) is 5.68. The fourth-order valence-corrected chi connectivity index (χ4v) is 3.93. The van der Waals surface area contributed by atoms with Gasteiger partial charge in [0.2, 0.25) is 11.8 Å². The molecular weight excluding hydrogens is 421 g/mol. The number of nitrogens with one attached hydrogen (secondary N) is 1. The van der Waals surface area contributed by atoms with E-state index in [1.165, 1.54) is 6.07 Å². The van der Waals surface area contributed by atoms with Crippen LogP contribution in [0, 0.1) is 5.82 Å². The van der Waals surface area contributed by atoms with Crippen LogP contribution in [0.1, 0.15) is 18.4 Å². The van der Waals surface area contributed by atoms with Crippen LogP contribution in [0.3, 0.4) is 0 Å². The first kappa shape index (κ1) is 22.5. The van der Waals surface area contributed by atoms with Crippen molar-refractivity contribution in [2.75, 3.05) is 19.7 Å². The van der Waals surface area contributed by atoms with E-state index in [1.807, 2.05) is 36.4 Å². The Kier molecular flexibility index (Phi) is 7.29. The highest BCUT2D eigenvalue weighted by Gasteiger charge is 2.32. The van der Waals surface area contributed by atoms with E-state index in [9.17, 15) is 14.0 Å². The number of amides is 2. The summed E-state index contributed by atoms with van der Waals surface area (Å²) in [4.78, 5) is 31.1. The molecule has 1 aliphatic heterocycles. The normalized spacial score (nSPS) is 15.7. The molecule has 0 bridgehead atoms. The summed E-state index contributed by atoms with van der Waals surface area (Å²) < 4.78 is 19.1. The molecule has 1 atom stereocenters. The highest BCUT2D eigenvalue weighted by Crippen LogP contribution is 2.21. The van der Waals surface area contributed by atoms with Crippen LogP contribution < -0.4 is 10.1 Å². The van der Waals surface area contributed by atoms with Gasteiger partial charge in [0.1, 0.15) is 6.04 Å². The monoisotopic (exact) mass is 447 g/mol. The molecule has 2 aromatic carbocycles. The first-order chi connectivity index (χ1) is 16.1. The predicted octanol–water partition coefficient (Wildman–Crippen LogP) is 3.62. The molecule has 1 aromatic heterocycles. The van der Waals surface area contributed by atoms with Gasteiger partial charge in [-0.05, 0) is 47.4 Å². The maximum Gasteiger partial charge on any atom is 0.243 e. The summed E-state index contributed by atoms with van der Waals surface area (Å²) >= 11 is 0. The number of hydrogen-bond acceptors (Lipinski definition) is 4. The average Bonchev–Trinajstić information content (AvgIpc) is 2.85. The van der Waals surface area contributed by atoms with Gasteiger partial charge in [0.15, 0.2) is 11.6 Å². The average molecular weight is 448 g/mol. The molecule has 1 fully saturated rings. The Balaban J connectivity index is 1.34. The van der Waals surface area contributed by atoms with Crippen molar-refractivity contribution in [3.63, 3.8) is 0 Å². The second kappa shape index (κ2) is 10.7. The zero-order valence-electron chi connectivity index (χ0n) is 18.2. The van der Waals surface area contributed by atoms with E-state index in [0.29, 0.717) is 25.9 Å². The van der Waals surface area contributed by atoms with Crippen LogP contribution in [0.2, 0.25) is 0 Å². The van der Waals surface area contributed by atoms with Crippen LogP contribution >= 0.6 is 0 Å². The minimum absolute atomic E-state index is 0.0969. The molecule has 1 saturated heterocycles. The van der Waals surface area contributed by atoms with Crippen molar-refractivity contribution in [1.29, 1.82) is 0 Å². The van der Waals surface area contributed by atoms with Gasteiger partial charge in [-0.1, -0.05) is 36.4 Å². The number of ether oxygens (including phenoxy) is 1. The molecule has 170 valence electrons. The number of nitrogens with zero attached hydrogens (tertiary/aromatic N) is 2. The van der Waals surface area contributed by atoms with E-state index >= 15 is 0 Å². The number of hydrogen-bond donors (Lipinski definition) is 1. The highest BCUT2D eigenvalue weighted by atomic mass is 19.1. The third-order valence-corrected chi connectivity index (χ3v) is 5.68. The maximum atomic E-state index is 13.6. The zero-order valence-corrected chi connectivity index (χ0v) is 18.2. The number of carbonyl (C=O) groups is 2. The summed E-state index contributed by atoms with van der Waals surface area (Å²) in [5, 5.41) is 2.86. The van der Waals surface area contributed by atoms with Crippen molar-refractivity contribution in [2.45, 2.75) is 25.3 Å². The Labute approximate surface area is 192 Å². The molecule has 0 saturated carbocycles. The summed E-state index contributed by atoms with van der Waals surface area (Å²) in [5.74, 6) is -0.488. The van der Waals surface area contributed by atoms with E-state index < -0.39 is 11.9 Å². The molecule has 2 amide bonds. The van der Waals surface area contributed by atoms with Crippen molar-refractivity contribution >= 4 is 11.8 Å². The Morgan fingerprint density at radius 1 is 1.06 bits per heavy atom. The Morgan fingerprint density at radius 3 is 2.55 bits per heavy atom. The summed E-state index contributed by atoms with van der Waals surface area (Å²) in [6, 6.07) is 17.5. The van der Waals surface area contributed by atoms with Crippen molar-refractivity contribution in [2.24, 2.45) is 0 Å². The second-order valence-electron chi connectivity index (χ2n) is 7.91. The lowest BCUT2D eigenvalue weighted by atomic mass is 9.99. The summed E-state index contributed by atoms with van der Waals surface area (Å²) in [7, 11) is 0. The van der Waals surface area contributed by atoms with Crippen molar-refractivity contribution in [3.05, 3.63) is 84.4 Å². The largest absolute Gasteiger partial charge is 0.491 e. The summed E-state index contributed by atoms with van der Waals surface area (Å²) in [6.07, 6.45) is 4.62. The number of para-hydroxylation sites is 1. The van der Waals surface area contributed by atoms with Crippen LogP contribution in [-0.4, -0.2) is 47.4 Å². The van der Waals surface area contributed by atoms with Crippen molar-refractivity contribution < 1.29 is 18.7 Å². The Morgan fingerprint density at radius 2 is 1.79 bits per heavy atom. The molecule has 4 rings (SSSR count). The summed E-state index contributed by atoms with van der Waals surface area (Å²) in [5.41, 5.74) is 3.12. The van der Waals surface area contributed by atoms with Crippen molar-refractivity contribution in [3.8, 4) is 16.9 Å². The van der Waals surface area contributed by atoms with E-state index in [2.05, 4.69) is 10.3 Å². The molecule has 7 heteroatoms. The third kappa shape index (κ3) is 5.74. The molecule has 0 spiro atoms. The van der Waals surface area contributed by atoms with Gasteiger partial charge in [0, 0.05) is 38.3 Å². The number of rotatable bonds is 8. The van der Waals surface area contributed by atoms with Gasteiger partial charge in [-0.25, -0.2) is 4.39 Å². The molecule has 0 aliphatic carbocycles. The topological polar surface area (TPSA) is 71.5 Å². The molecule has 6 nitrogen and oxygen atoms in total. The molecule has 1 aliphatic rings. The van der Waals surface area contributed by atoms with Gasteiger partial charge in [0.05, 0.1) is 6.61 Å². The van der Waals surface area contributed by atoms with Crippen molar-refractivity contribution in [1.82, 2.24) is 15.2 Å². The van der Waals surface area contributed by atoms with E-state index in [-0.39, 0.29) is 30.6 Å². The fourth-order valence-electron chi connectivity index (χ4n) is 3.93. The van der Waals surface area contributed by atoms with E-state index in [1.54, 1.807) is 35.5 Å². The van der Waals surface area contributed by atoms with Gasteiger partial charge in [-0.3, -0.25) is 14.6 Å². The van der Waals surface area contributed by atoms with Crippen LogP contribution in [0.25, 0.3) is 11.1 Å². The van der Waals surface area contributed by atoms with Gasteiger partial charge < -0.3 is 15.0 Å². The molecule has 33 heavy (non-hydrogen) atoms. The van der Waals surface area contributed by atoms with Crippen LogP contribution in [0.5, 0.6) is 5.75 Å². The smallest absolute Gasteiger partial charge is 0.243 e.